The van der Waals surface area contributed by atoms with Gasteiger partial charge in [0.1, 0.15) is 5.75 Å². The van der Waals surface area contributed by atoms with Gasteiger partial charge in [0.05, 0.1) is 6.26 Å². The van der Waals surface area contributed by atoms with Crippen molar-refractivity contribution in [2.45, 2.75) is 5.92 Å². The lowest BCUT2D eigenvalue weighted by Gasteiger charge is -2.19. The molecule has 19 heavy (non-hydrogen) atoms. The molecule has 1 aromatic heterocycles. The number of hydrogen-bond acceptors (Lipinski definition) is 1. The van der Waals surface area contributed by atoms with Crippen LogP contribution >= 0.6 is 0 Å². The Labute approximate surface area is 111 Å². The number of nitrogens with one attached hydrogen (secondary N) is 1. The van der Waals surface area contributed by atoms with E-state index >= 15 is 0 Å². The lowest BCUT2D eigenvalue weighted by Crippen LogP contribution is -2.05. The highest BCUT2D eigenvalue weighted by molar-refractivity contribution is 5.80. The Bertz CT molecular complexity index is 737. The molecule has 2 heteroatoms. The molecule has 0 amide bonds. The van der Waals surface area contributed by atoms with Crippen molar-refractivity contribution < 1.29 is 4.74 Å². The molecule has 1 aliphatic heterocycles. The highest BCUT2D eigenvalue weighted by atomic mass is 16.5. The van der Waals surface area contributed by atoms with Crippen LogP contribution in [0.15, 0.2) is 66.9 Å². The fourth-order valence-corrected chi connectivity index (χ4v) is 2.67. The quantitative estimate of drug-likeness (QED) is 0.684. The maximum Gasteiger partial charge on any atom is 0.130 e. The van der Waals surface area contributed by atoms with Crippen LogP contribution in [0.2, 0.25) is 0 Å². The van der Waals surface area contributed by atoms with Gasteiger partial charge >= 0.3 is 0 Å². The van der Waals surface area contributed by atoms with Crippen LogP contribution in [0.5, 0.6) is 5.75 Å². The predicted octanol–water partition coefficient (Wildman–Crippen LogP) is 4.21. The van der Waals surface area contributed by atoms with Crippen molar-refractivity contribution in [3.63, 3.8) is 0 Å². The zero-order valence-electron chi connectivity index (χ0n) is 10.3. The first-order valence-corrected chi connectivity index (χ1v) is 6.42. The monoisotopic (exact) mass is 247 g/mol. The van der Waals surface area contributed by atoms with Crippen molar-refractivity contribution in [2.75, 3.05) is 0 Å². The Morgan fingerprint density at radius 2 is 1.79 bits per heavy atom. The van der Waals surface area contributed by atoms with Crippen molar-refractivity contribution in [3.05, 3.63) is 78.2 Å². The Hall–Kier alpha value is -2.48. The number of rotatable bonds is 1. The number of aromatic amines is 1. The van der Waals surface area contributed by atoms with E-state index in [9.17, 15) is 0 Å². The SMILES string of the molecule is C1=CC(c2cc3ccccc3[nH]2)c2ccccc2O1. The summed E-state index contributed by atoms with van der Waals surface area (Å²) in [5, 5.41) is 1.25. The van der Waals surface area contributed by atoms with Crippen LogP contribution in [0.4, 0.5) is 0 Å². The number of aromatic nitrogens is 1. The molecule has 0 spiro atoms. The second-order valence-electron chi connectivity index (χ2n) is 4.77. The van der Waals surface area contributed by atoms with E-state index in [0.717, 1.165) is 5.75 Å². The summed E-state index contributed by atoms with van der Waals surface area (Å²) in [6.45, 7) is 0. The first-order chi connectivity index (χ1) is 9.42. The summed E-state index contributed by atoms with van der Waals surface area (Å²) < 4.78 is 5.55. The van der Waals surface area contributed by atoms with Gasteiger partial charge in [-0.2, -0.15) is 0 Å². The number of fused-ring (bicyclic) bond motifs is 2. The molecule has 0 saturated carbocycles. The maximum absolute atomic E-state index is 5.55. The fraction of sp³-hybridized carbons (Fsp3) is 0.0588. The molecule has 92 valence electrons. The molecule has 1 atom stereocenters. The molecule has 0 saturated heterocycles. The molecule has 3 aromatic rings. The molecule has 2 heterocycles. The third-order valence-corrected chi connectivity index (χ3v) is 3.61. The third-order valence-electron chi connectivity index (χ3n) is 3.61. The van der Waals surface area contributed by atoms with E-state index in [1.807, 2.05) is 12.1 Å². The number of para-hydroxylation sites is 2. The van der Waals surface area contributed by atoms with Crippen molar-refractivity contribution in [1.82, 2.24) is 4.98 Å². The van der Waals surface area contributed by atoms with Crippen molar-refractivity contribution in [3.8, 4) is 5.75 Å². The summed E-state index contributed by atoms with van der Waals surface area (Å²) in [6, 6.07) is 18.7. The average Bonchev–Trinajstić information content (AvgIpc) is 2.90. The second kappa shape index (κ2) is 4.02. The average molecular weight is 247 g/mol. The van der Waals surface area contributed by atoms with Gasteiger partial charge in [-0.05, 0) is 29.7 Å². The molecule has 0 aliphatic carbocycles. The van der Waals surface area contributed by atoms with E-state index in [-0.39, 0.29) is 5.92 Å². The second-order valence-corrected chi connectivity index (χ2v) is 4.77. The van der Waals surface area contributed by atoms with Gasteiger partial charge in [0, 0.05) is 22.7 Å². The Balaban J connectivity index is 1.87. The first-order valence-electron chi connectivity index (χ1n) is 6.42. The minimum Gasteiger partial charge on any atom is -0.465 e. The predicted molar refractivity (Wildman–Crippen MR) is 76.4 cm³/mol. The lowest BCUT2D eigenvalue weighted by molar-refractivity contribution is 0.458. The van der Waals surface area contributed by atoms with Crippen LogP contribution in [0, 0.1) is 0 Å². The lowest BCUT2D eigenvalue weighted by atomic mass is 9.93. The minimum absolute atomic E-state index is 0.234. The zero-order valence-corrected chi connectivity index (χ0v) is 10.3. The van der Waals surface area contributed by atoms with Gasteiger partial charge in [0.25, 0.3) is 0 Å². The normalized spacial score (nSPS) is 17.2. The van der Waals surface area contributed by atoms with Crippen LogP contribution < -0.4 is 4.74 Å². The number of allylic oxidation sites excluding steroid dienone is 1. The molecule has 2 aromatic carbocycles. The molecular weight excluding hydrogens is 234 g/mol. The van der Waals surface area contributed by atoms with Gasteiger partial charge < -0.3 is 9.72 Å². The smallest absolute Gasteiger partial charge is 0.130 e. The molecule has 0 radical (unpaired) electrons. The summed E-state index contributed by atoms with van der Waals surface area (Å²) in [6.07, 6.45) is 3.87. The standard InChI is InChI=1S/C17H13NO/c1-3-7-15-12(5-1)11-16(18-15)13-9-10-19-17-8-4-2-6-14(13)17/h1-11,13,18H. The molecule has 0 bridgehead atoms. The number of H-pyrrole nitrogens is 1. The molecule has 2 nitrogen and oxygen atoms in total. The summed E-state index contributed by atoms with van der Waals surface area (Å²) in [5.41, 5.74) is 3.58. The number of benzene rings is 2. The molecule has 1 N–H and O–H groups in total. The minimum atomic E-state index is 0.234. The number of ether oxygens (including phenoxy) is 1. The van der Waals surface area contributed by atoms with Gasteiger partial charge in [-0.25, -0.2) is 0 Å². The Morgan fingerprint density at radius 3 is 2.74 bits per heavy atom. The van der Waals surface area contributed by atoms with Gasteiger partial charge in [0.2, 0.25) is 0 Å². The fourth-order valence-electron chi connectivity index (χ4n) is 2.67. The maximum atomic E-state index is 5.55. The van der Waals surface area contributed by atoms with Crippen molar-refractivity contribution >= 4 is 10.9 Å². The van der Waals surface area contributed by atoms with Crippen LogP contribution in [-0.2, 0) is 0 Å². The molecule has 0 fully saturated rings. The largest absolute Gasteiger partial charge is 0.465 e. The molecule has 4 rings (SSSR count). The van der Waals surface area contributed by atoms with Crippen LogP contribution in [0.1, 0.15) is 17.2 Å². The Morgan fingerprint density at radius 1 is 0.947 bits per heavy atom. The third kappa shape index (κ3) is 1.65. The van der Waals surface area contributed by atoms with Crippen LogP contribution in [0.25, 0.3) is 10.9 Å². The summed E-state index contributed by atoms with van der Waals surface area (Å²) in [5.74, 6) is 1.17. The van der Waals surface area contributed by atoms with Crippen LogP contribution in [-0.4, -0.2) is 4.98 Å². The van der Waals surface area contributed by atoms with Gasteiger partial charge in [-0.15, -0.1) is 0 Å². The van der Waals surface area contributed by atoms with Gasteiger partial charge in [0.15, 0.2) is 0 Å². The van der Waals surface area contributed by atoms with Gasteiger partial charge in [-0.3, -0.25) is 0 Å². The van der Waals surface area contributed by atoms with Gasteiger partial charge in [-0.1, -0.05) is 36.4 Å². The highest BCUT2D eigenvalue weighted by Gasteiger charge is 2.20. The number of hydrogen-bond donors (Lipinski definition) is 1. The zero-order chi connectivity index (χ0) is 12.7. The Kier molecular flexibility index (Phi) is 2.21. The summed E-state index contributed by atoms with van der Waals surface area (Å²) in [7, 11) is 0. The van der Waals surface area contributed by atoms with Crippen LogP contribution in [0.3, 0.4) is 0 Å². The van der Waals surface area contributed by atoms with Crippen molar-refractivity contribution in [1.29, 1.82) is 0 Å². The van der Waals surface area contributed by atoms with E-state index in [0.29, 0.717) is 0 Å². The topological polar surface area (TPSA) is 25.0 Å². The van der Waals surface area contributed by atoms with Crippen molar-refractivity contribution in [2.24, 2.45) is 0 Å². The molecule has 1 aliphatic rings. The van der Waals surface area contributed by atoms with E-state index in [1.165, 1.54) is 22.2 Å². The first kappa shape index (κ1) is 10.4. The molecular formula is C17H13NO. The highest BCUT2D eigenvalue weighted by Crippen LogP contribution is 2.36. The van der Waals surface area contributed by atoms with E-state index < -0.39 is 0 Å². The summed E-state index contributed by atoms with van der Waals surface area (Å²) >= 11 is 0. The van der Waals surface area contributed by atoms with E-state index in [1.54, 1.807) is 6.26 Å². The van der Waals surface area contributed by atoms with E-state index in [4.69, 9.17) is 4.74 Å². The van der Waals surface area contributed by atoms with E-state index in [2.05, 4.69) is 53.5 Å². The summed E-state index contributed by atoms with van der Waals surface area (Å²) in [4.78, 5) is 3.50. The molecule has 1 unspecified atom stereocenters.